The van der Waals surface area contributed by atoms with E-state index in [0.29, 0.717) is 12.0 Å². The van der Waals surface area contributed by atoms with Crippen molar-refractivity contribution in [2.45, 2.75) is 19.4 Å². The van der Waals surface area contributed by atoms with E-state index in [1.54, 1.807) is 11.3 Å². The van der Waals surface area contributed by atoms with Gasteiger partial charge in [0.1, 0.15) is 11.6 Å². The molecule has 1 aromatic heterocycles. The number of hydrogen-bond acceptors (Lipinski definition) is 3. The molecule has 0 aliphatic rings. The predicted octanol–water partition coefficient (Wildman–Crippen LogP) is 3.08. The molecule has 0 saturated carbocycles. The Kier molecular flexibility index (Phi) is 4.06. The highest BCUT2D eigenvalue weighted by Crippen LogP contribution is 2.23. The van der Waals surface area contributed by atoms with Crippen LogP contribution in [0.25, 0.3) is 0 Å². The average Bonchev–Trinajstić information content (AvgIpc) is 2.71. The van der Waals surface area contributed by atoms with E-state index in [0.717, 1.165) is 11.6 Å². The Bertz CT molecular complexity index is 519. The molecular weight excluding hydrogens is 254 g/mol. The first-order chi connectivity index (χ1) is 8.58. The second-order valence-electron chi connectivity index (χ2n) is 4.19. The molecule has 3 N–H and O–H groups in total. The first-order valence-corrected chi connectivity index (χ1v) is 6.42. The monoisotopic (exact) mass is 268 g/mol. The highest BCUT2D eigenvalue weighted by atomic mass is 32.1. The van der Waals surface area contributed by atoms with Crippen molar-refractivity contribution in [3.05, 3.63) is 57.3 Å². The minimum absolute atomic E-state index is 0.142. The van der Waals surface area contributed by atoms with Crippen LogP contribution in [-0.4, -0.2) is 0 Å². The van der Waals surface area contributed by atoms with Gasteiger partial charge in [-0.1, -0.05) is 0 Å². The lowest BCUT2D eigenvalue weighted by Gasteiger charge is -2.14. The van der Waals surface area contributed by atoms with E-state index >= 15 is 0 Å². The summed E-state index contributed by atoms with van der Waals surface area (Å²) in [6.45, 7) is 2.00. The fraction of sp³-hybridized carbons (Fsp3) is 0.231. The lowest BCUT2D eigenvalue weighted by molar-refractivity contribution is 0.541. The maximum absolute atomic E-state index is 13.1. The molecule has 0 radical (unpaired) electrons. The van der Waals surface area contributed by atoms with Crippen LogP contribution < -0.4 is 11.3 Å². The zero-order valence-corrected chi connectivity index (χ0v) is 10.7. The Morgan fingerprint density at radius 2 is 1.89 bits per heavy atom. The van der Waals surface area contributed by atoms with Crippen molar-refractivity contribution >= 4 is 11.3 Å². The molecule has 0 bridgehead atoms. The highest BCUT2D eigenvalue weighted by molar-refractivity contribution is 7.10. The second-order valence-corrected chi connectivity index (χ2v) is 5.31. The zero-order chi connectivity index (χ0) is 13.1. The van der Waals surface area contributed by atoms with E-state index in [1.165, 1.54) is 17.0 Å². The maximum atomic E-state index is 13.1. The largest absolute Gasteiger partial charge is 0.271 e. The third kappa shape index (κ3) is 3.13. The van der Waals surface area contributed by atoms with Crippen molar-refractivity contribution in [2.24, 2.45) is 5.84 Å². The van der Waals surface area contributed by atoms with Crippen LogP contribution in [-0.2, 0) is 6.42 Å². The van der Waals surface area contributed by atoms with E-state index < -0.39 is 11.6 Å². The van der Waals surface area contributed by atoms with Crippen LogP contribution in [0.2, 0.25) is 0 Å². The molecule has 0 spiro atoms. The molecule has 1 atom stereocenters. The quantitative estimate of drug-likeness (QED) is 0.660. The lowest BCUT2D eigenvalue weighted by Crippen LogP contribution is -2.29. The van der Waals surface area contributed by atoms with Crippen LogP contribution in [0.4, 0.5) is 8.78 Å². The topological polar surface area (TPSA) is 38.0 Å². The molecule has 1 heterocycles. The van der Waals surface area contributed by atoms with Crippen LogP contribution in [0.1, 0.15) is 22.0 Å². The Morgan fingerprint density at radius 3 is 2.39 bits per heavy atom. The minimum atomic E-state index is -0.567. The van der Waals surface area contributed by atoms with Gasteiger partial charge in [-0.2, -0.15) is 0 Å². The van der Waals surface area contributed by atoms with Gasteiger partial charge in [0.25, 0.3) is 0 Å². The van der Waals surface area contributed by atoms with Gasteiger partial charge in [-0.05, 0) is 48.1 Å². The Morgan fingerprint density at radius 1 is 1.22 bits per heavy atom. The van der Waals surface area contributed by atoms with Gasteiger partial charge >= 0.3 is 0 Å². The number of nitrogens with one attached hydrogen (secondary N) is 1. The summed E-state index contributed by atoms with van der Waals surface area (Å²) in [5.74, 6) is 4.37. The van der Waals surface area contributed by atoms with Gasteiger partial charge in [-0.25, -0.2) is 8.78 Å². The van der Waals surface area contributed by atoms with Crippen molar-refractivity contribution in [1.29, 1.82) is 0 Å². The summed E-state index contributed by atoms with van der Waals surface area (Å²) in [5, 5.41) is 2.00. The molecule has 0 aliphatic heterocycles. The number of thiophene rings is 1. The highest BCUT2D eigenvalue weighted by Gasteiger charge is 2.13. The van der Waals surface area contributed by atoms with Gasteiger partial charge < -0.3 is 0 Å². The summed E-state index contributed by atoms with van der Waals surface area (Å²) in [7, 11) is 0. The van der Waals surface area contributed by atoms with E-state index in [9.17, 15) is 8.78 Å². The molecular formula is C13H14F2N2S. The van der Waals surface area contributed by atoms with Crippen LogP contribution in [0.3, 0.4) is 0 Å². The number of hydrazine groups is 1. The average molecular weight is 268 g/mol. The van der Waals surface area contributed by atoms with Crippen molar-refractivity contribution in [2.75, 3.05) is 0 Å². The number of benzene rings is 1. The third-order valence-electron chi connectivity index (χ3n) is 2.72. The minimum Gasteiger partial charge on any atom is -0.271 e. The maximum Gasteiger partial charge on any atom is 0.126 e. The van der Waals surface area contributed by atoms with Crippen LogP contribution in [0.5, 0.6) is 0 Å². The van der Waals surface area contributed by atoms with Gasteiger partial charge in [0, 0.05) is 10.9 Å². The smallest absolute Gasteiger partial charge is 0.126 e. The molecule has 1 unspecified atom stereocenters. The number of hydrogen-bond donors (Lipinski definition) is 2. The van der Waals surface area contributed by atoms with E-state index in [-0.39, 0.29) is 6.04 Å². The van der Waals surface area contributed by atoms with Crippen LogP contribution in [0.15, 0.2) is 29.6 Å². The molecule has 18 heavy (non-hydrogen) atoms. The van der Waals surface area contributed by atoms with Gasteiger partial charge in [0.15, 0.2) is 0 Å². The first kappa shape index (κ1) is 13.1. The summed E-state index contributed by atoms with van der Waals surface area (Å²) in [4.78, 5) is 1.18. The molecule has 2 aromatic rings. The molecule has 0 aliphatic carbocycles. The fourth-order valence-corrected chi connectivity index (χ4v) is 2.64. The van der Waals surface area contributed by atoms with Crippen molar-refractivity contribution < 1.29 is 8.78 Å². The molecule has 0 fully saturated rings. The van der Waals surface area contributed by atoms with E-state index in [4.69, 9.17) is 5.84 Å². The standard InChI is InChI=1S/C13H14F2N2S/c1-8-2-10(7-18-8)13(17-16)5-9-3-11(14)6-12(15)4-9/h2-4,6-7,13,17H,5,16H2,1H3. The summed E-state index contributed by atoms with van der Waals surface area (Å²) < 4.78 is 26.2. The Labute approximate surface area is 108 Å². The molecule has 96 valence electrons. The normalized spacial score (nSPS) is 12.7. The summed E-state index contributed by atoms with van der Waals surface area (Å²) in [6, 6.07) is 5.39. The summed E-state index contributed by atoms with van der Waals surface area (Å²) in [6.07, 6.45) is 0.446. The molecule has 2 nitrogen and oxygen atoms in total. The van der Waals surface area contributed by atoms with E-state index in [1.807, 2.05) is 18.4 Å². The molecule has 0 saturated heterocycles. The fourth-order valence-electron chi connectivity index (χ4n) is 1.88. The SMILES string of the molecule is Cc1cc(C(Cc2cc(F)cc(F)c2)NN)cs1. The van der Waals surface area contributed by atoms with Gasteiger partial charge in [0.05, 0.1) is 6.04 Å². The Balaban J connectivity index is 2.20. The Hall–Kier alpha value is -1.30. The van der Waals surface area contributed by atoms with E-state index in [2.05, 4.69) is 5.43 Å². The van der Waals surface area contributed by atoms with Gasteiger partial charge in [-0.3, -0.25) is 11.3 Å². The number of nitrogens with two attached hydrogens (primary N) is 1. The van der Waals surface area contributed by atoms with Gasteiger partial charge in [-0.15, -0.1) is 11.3 Å². The molecule has 0 amide bonds. The summed E-state index contributed by atoms with van der Waals surface area (Å²) in [5.41, 5.74) is 4.30. The summed E-state index contributed by atoms with van der Waals surface area (Å²) >= 11 is 1.62. The molecule has 5 heteroatoms. The predicted molar refractivity (Wildman–Crippen MR) is 69.2 cm³/mol. The zero-order valence-electron chi connectivity index (χ0n) is 9.91. The van der Waals surface area contributed by atoms with Crippen LogP contribution >= 0.6 is 11.3 Å². The van der Waals surface area contributed by atoms with Crippen molar-refractivity contribution in [3.63, 3.8) is 0 Å². The van der Waals surface area contributed by atoms with Crippen molar-refractivity contribution in [1.82, 2.24) is 5.43 Å². The molecule has 1 aromatic carbocycles. The molecule has 2 rings (SSSR count). The second kappa shape index (κ2) is 5.56. The number of halogens is 2. The van der Waals surface area contributed by atoms with Gasteiger partial charge in [0.2, 0.25) is 0 Å². The number of rotatable bonds is 4. The van der Waals surface area contributed by atoms with Crippen LogP contribution in [0, 0.1) is 18.6 Å². The lowest BCUT2D eigenvalue weighted by atomic mass is 10.0. The third-order valence-corrected chi connectivity index (χ3v) is 3.60. The van der Waals surface area contributed by atoms with Crippen molar-refractivity contribution in [3.8, 4) is 0 Å². The first-order valence-electron chi connectivity index (χ1n) is 5.54. The number of aryl methyl sites for hydroxylation is 1.